The molecule has 0 spiro atoms. The summed E-state index contributed by atoms with van der Waals surface area (Å²) in [5.74, 6) is -0.546. The topological polar surface area (TPSA) is 69.9 Å². The average molecular weight is 475 g/mol. The number of esters is 1. The van der Waals surface area contributed by atoms with Gasteiger partial charge in [-0.2, -0.15) is 0 Å². The molecule has 0 fully saturated rings. The van der Waals surface area contributed by atoms with Crippen molar-refractivity contribution >= 4 is 46.3 Å². The Hall–Kier alpha value is -2.52. The first-order chi connectivity index (χ1) is 15.0. The molecule has 160 valence electrons. The first kappa shape index (κ1) is 21.7. The fraction of sp³-hybridized carbons (Fsp3) is 0.227. The van der Waals surface area contributed by atoms with Crippen LogP contribution in [0.1, 0.15) is 23.4 Å². The van der Waals surface area contributed by atoms with Crippen LogP contribution in [-0.4, -0.2) is 30.9 Å². The first-order valence-electron chi connectivity index (χ1n) is 9.48. The molecule has 9 heteroatoms. The van der Waals surface area contributed by atoms with Crippen molar-refractivity contribution in [1.82, 2.24) is 4.57 Å². The predicted molar refractivity (Wildman–Crippen MR) is 122 cm³/mol. The van der Waals surface area contributed by atoms with Gasteiger partial charge in [-0.15, -0.1) is 11.3 Å². The molecule has 1 aliphatic heterocycles. The second-order valence-electron chi connectivity index (χ2n) is 6.75. The van der Waals surface area contributed by atoms with E-state index >= 15 is 0 Å². The van der Waals surface area contributed by atoms with Gasteiger partial charge in [0.1, 0.15) is 12.6 Å². The zero-order valence-corrected chi connectivity index (χ0v) is 19.2. The Morgan fingerprint density at radius 2 is 2.06 bits per heavy atom. The molecular formula is C22H19ClN2O4S2. The van der Waals surface area contributed by atoms with Gasteiger partial charge in [0.05, 0.1) is 22.4 Å². The third kappa shape index (κ3) is 4.29. The monoisotopic (exact) mass is 474 g/mol. The minimum Gasteiger partial charge on any atom is -0.460 e. The number of hydrogen-bond acceptors (Lipinski definition) is 7. The zero-order valence-electron chi connectivity index (χ0n) is 16.8. The van der Waals surface area contributed by atoms with Gasteiger partial charge in [0, 0.05) is 17.0 Å². The van der Waals surface area contributed by atoms with Gasteiger partial charge in [0.25, 0.3) is 5.56 Å². The lowest BCUT2D eigenvalue weighted by Crippen LogP contribution is -2.40. The number of allylic oxidation sites excluding steroid dienone is 1. The van der Waals surface area contributed by atoms with Crippen molar-refractivity contribution in [2.45, 2.75) is 13.0 Å². The molecule has 3 heterocycles. The summed E-state index contributed by atoms with van der Waals surface area (Å²) < 4.78 is 12.4. The molecule has 2 aromatic heterocycles. The Labute approximate surface area is 191 Å². The molecule has 1 aromatic carbocycles. The van der Waals surface area contributed by atoms with Crippen LogP contribution in [0.25, 0.3) is 6.08 Å². The Kier molecular flexibility index (Phi) is 6.52. The highest BCUT2D eigenvalue weighted by atomic mass is 35.5. The van der Waals surface area contributed by atoms with Gasteiger partial charge in [0.2, 0.25) is 0 Å². The number of ether oxygens (including phenoxy) is 2. The van der Waals surface area contributed by atoms with Gasteiger partial charge >= 0.3 is 5.97 Å². The third-order valence-electron chi connectivity index (χ3n) is 4.78. The predicted octanol–water partition coefficient (Wildman–Crippen LogP) is 3.14. The molecule has 0 radical (unpaired) electrons. The second kappa shape index (κ2) is 9.32. The minimum atomic E-state index is -0.731. The number of methoxy groups -OCH3 is 1. The lowest BCUT2D eigenvalue weighted by Gasteiger charge is -2.25. The van der Waals surface area contributed by atoms with Gasteiger partial charge in [-0.3, -0.25) is 9.36 Å². The van der Waals surface area contributed by atoms with Crippen molar-refractivity contribution in [3.63, 3.8) is 0 Å². The molecule has 3 aromatic rings. The van der Waals surface area contributed by atoms with Gasteiger partial charge < -0.3 is 9.47 Å². The highest BCUT2D eigenvalue weighted by Crippen LogP contribution is 2.34. The molecule has 0 saturated heterocycles. The standard InChI is InChI=1S/C22H19ClN2O4S2/c1-13-18(21(27)29-10-9-28-2)19(15-7-3-4-8-16(15)23)25-20(26)17(31-22(25)24-13)12-14-6-5-11-30-14/h3-8,11-12,19H,9-10H2,1-2H3/b17-12-/t19-/m0/s1. The maximum Gasteiger partial charge on any atom is 0.338 e. The smallest absolute Gasteiger partial charge is 0.338 e. The number of rotatable bonds is 6. The summed E-state index contributed by atoms with van der Waals surface area (Å²) in [5, 5.41) is 2.41. The van der Waals surface area contributed by atoms with Crippen molar-refractivity contribution in [1.29, 1.82) is 0 Å². The molecule has 0 saturated carbocycles. The van der Waals surface area contributed by atoms with Gasteiger partial charge in [-0.05, 0) is 36.1 Å². The largest absolute Gasteiger partial charge is 0.460 e. The van der Waals surface area contributed by atoms with E-state index in [1.54, 1.807) is 30.4 Å². The quantitative estimate of drug-likeness (QED) is 0.406. The molecule has 1 aliphatic rings. The molecule has 31 heavy (non-hydrogen) atoms. The third-order valence-corrected chi connectivity index (χ3v) is 6.93. The maximum absolute atomic E-state index is 13.4. The van der Waals surface area contributed by atoms with E-state index in [0.717, 1.165) is 4.88 Å². The van der Waals surface area contributed by atoms with Crippen molar-refractivity contribution < 1.29 is 14.3 Å². The Morgan fingerprint density at radius 3 is 2.77 bits per heavy atom. The number of aromatic nitrogens is 1. The molecule has 0 aliphatic carbocycles. The van der Waals surface area contributed by atoms with Crippen molar-refractivity contribution in [2.75, 3.05) is 20.3 Å². The molecule has 6 nitrogen and oxygen atoms in total. The Balaban J connectivity index is 1.91. The molecule has 1 atom stereocenters. The summed E-state index contributed by atoms with van der Waals surface area (Å²) in [6.45, 7) is 2.12. The van der Waals surface area contributed by atoms with Crippen LogP contribution in [0.2, 0.25) is 5.02 Å². The normalized spacial score (nSPS) is 16.2. The average Bonchev–Trinajstić information content (AvgIpc) is 3.36. The molecule has 0 unspecified atom stereocenters. The summed E-state index contributed by atoms with van der Waals surface area (Å²) in [4.78, 5) is 32.5. The SMILES string of the molecule is COCCOC(=O)C1=C(C)N=c2s/c(=C\c3cccs3)c(=O)n2[C@H]1c1ccccc1Cl. The van der Waals surface area contributed by atoms with Crippen LogP contribution in [0.15, 0.2) is 62.8 Å². The lowest BCUT2D eigenvalue weighted by atomic mass is 9.96. The van der Waals surface area contributed by atoms with Gasteiger partial charge in [-0.25, -0.2) is 9.79 Å². The molecule has 0 N–H and O–H groups in total. The van der Waals surface area contributed by atoms with Crippen LogP contribution in [0.4, 0.5) is 0 Å². The van der Waals surface area contributed by atoms with Crippen molar-refractivity contribution in [3.8, 4) is 0 Å². The number of thiazole rings is 1. The van der Waals surface area contributed by atoms with E-state index in [9.17, 15) is 9.59 Å². The zero-order chi connectivity index (χ0) is 22.0. The second-order valence-corrected chi connectivity index (χ2v) is 9.14. The highest BCUT2D eigenvalue weighted by molar-refractivity contribution is 7.11. The number of nitrogens with zero attached hydrogens (tertiary/aromatic N) is 2. The van der Waals surface area contributed by atoms with E-state index in [4.69, 9.17) is 21.1 Å². The maximum atomic E-state index is 13.4. The van der Waals surface area contributed by atoms with Crippen LogP contribution < -0.4 is 14.9 Å². The number of thiophene rings is 1. The van der Waals surface area contributed by atoms with Crippen LogP contribution in [0, 0.1) is 0 Å². The van der Waals surface area contributed by atoms with Crippen LogP contribution in [0.3, 0.4) is 0 Å². The Bertz CT molecular complexity index is 1320. The number of carbonyl (C=O) groups excluding carboxylic acids is 1. The first-order valence-corrected chi connectivity index (χ1v) is 11.5. The molecular weight excluding hydrogens is 456 g/mol. The lowest BCUT2D eigenvalue weighted by molar-refractivity contribution is -0.140. The van der Waals surface area contributed by atoms with Crippen LogP contribution in [-0.2, 0) is 14.3 Å². The summed E-state index contributed by atoms with van der Waals surface area (Å²) >= 11 is 9.33. The fourth-order valence-electron chi connectivity index (χ4n) is 3.37. The molecule has 0 amide bonds. The van der Waals surface area contributed by atoms with Crippen molar-refractivity contribution in [3.05, 3.63) is 88.2 Å². The fourth-order valence-corrected chi connectivity index (χ4v) is 5.38. The van der Waals surface area contributed by atoms with E-state index in [1.807, 2.05) is 35.7 Å². The van der Waals surface area contributed by atoms with Gasteiger partial charge in [-0.1, -0.05) is 47.2 Å². The number of benzene rings is 1. The highest BCUT2D eigenvalue weighted by Gasteiger charge is 2.34. The number of hydrogen-bond donors (Lipinski definition) is 0. The van der Waals surface area contributed by atoms with E-state index in [2.05, 4.69) is 4.99 Å². The molecule has 0 bridgehead atoms. The van der Waals surface area contributed by atoms with Crippen LogP contribution >= 0.6 is 34.3 Å². The van der Waals surface area contributed by atoms with E-state index in [0.29, 0.717) is 31.2 Å². The summed E-state index contributed by atoms with van der Waals surface area (Å²) in [6, 6.07) is 10.3. The van der Waals surface area contributed by atoms with Crippen LogP contribution in [0.5, 0.6) is 0 Å². The number of fused-ring (bicyclic) bond motifs is 1. The summed E-state index contributed by atoms with van der Waals surface area (Å²) in [7, 11) is 1.53. The number of carbonyl (C=O) groups is 1. The van der Waals surface area contributed by atoms with E-state index in [-0.39, 0.29) is 18.8 Å². The minimum absolute atomic E-state index is 0.101. The summed E-state index contributed by atoms with van der Waals surface area (Å²) in [6.07, 6.45) is 1.84. The van der Waals surface area contributed by atoms with E-state index < -0.39 is 12.0 Å². The van der Waals surface area contributed by atoms with E-state index in [1.165, 1.54) is 23.0 Å². The molecule has 4 rings (SSSR count). The van der Waals surface area contributed by atoms with Crippen molar-refractivity contribution in [2.24, 2.45) is 4.99 Å². The van der Waals surface area contributed by atoms with Gasteiger partial charge in [0.15, 0.2) is 4.80 Å². The Morgan fingerprint density at radius 1 is 1.26 bits per heavy atom. The summed E-state index contributed by atoms with van der Waals surface area (Å²) in [5.41, 5.74) is 1.20. The number of halogens is 1.